The molecule has 21 heavy (non-hydrogen) atoms. The summed E-state index contributed by atoms with van der Waals surface area (Å²) in [6.07, 6.45) is 1.30. The van der Waals surface area contributed by atoms with Gasteiger partial charge < -0.3 is 5.73 Å². The van der Waals surface area contributed by atoms with Crippen LogP contribution in [0.15, 0.2) is 17.0 Å². The van der Waals surface area contributed by atoms with E-state index < -0.39 is 25.9 Å². The Hall–Kier alpha value is -1.23. The number of nitrogen functional groups attached to an aromatic ring is 1. The van der Waals surface area contributed by atoms with Crippen molar-refractivity contribution in [2.45, 2.75) is 18.2 Å². The van der Waals surface area contributed by atoms with Crippen molar-refractivity contribution in [1.29, 1.82) is 0 Å². The molecule has 120 valence electrons. The molecule has 0 aliphatic rings. The van der Waals surface area contributed by atoms with E-state index in [0.29, 0.717) is 0 Å². The van der Waals surface area contributed by atoms with Gasteiger partial charge in [0.25, 0.3) is 0 Å². The van der Waals surface area contributed by atoms with Crippen molar-refractivity contribution >= 4 is 25.7 Å². The molecule has 0 heterocycles. The van der Waals surface area contributed by atoms with Crippen molar-refractivity contribution in [3.8, 4) is 0 Å². The average Bonchev–Trinajstić information content (AvgIpc) is 2.31. The molecular weight excluding hydrogens is 321 g/mol. The van der Waals surface area contributed by atoms with Crippen LogP contribution in [-0.4, -0.2) is 36.2 Å². The fourth-order valence-electron chi connectivity index (χ4n) is 1.59. The fourth-order valence-corrected chi connectivity index (χ4v) is 3.44. The number of aryl methyl sites for hydroxylation is 1. The lowest BCUT2D eigenvalue weighted by Crippen LogP contribution is -2.29. The molecule has 10 heteroatoms. The molecule has 0 atom stereocenters. The third-order valence-corrected chi connectivity index (χ3v) is 4.93. The van der Waals surface area contributed by atoms with Gasteiger partial charge >= 0.3 is 0 Å². The highest BCUT2D eigenvalue weighted by molar-refractivity contribution is 7.89. The van der Waals surface area contributed by atoms with E-state index in [2.05, 4.69) is 9.44 Å². The quantitative estimate of drug-likeness (QED) is 0.475. The monoisotopic (exact) mass is 339 g/mol. The fraction of sp³-hybridized carbons (Fsp3) is 0.455. The zero-order valence-electron chi connectivity index (χ0n) is 11.7. The SMILES string of the molecule is Cc1cc(F)c(N)cc1S(=O)(=O)NCCCNS(C)(=O)=O. The van der Waals surface area contributed by atoms with E-state index in [4.69, 9.17) is 5.73 Å². The van der Waals surface area contributed by atoms with E-state index in [1.54, 1.807) is 0 Å². The van der Waals surface area contributed by atoms with Gasteiger partial charge in [0.05, 0.1) is 16.8 Å². The Bertz CT molecular complexity index is 717. The summed E-state index contributed by atoms with van der Waals surface area (Å²) < 4.78 is 63.5. The average molecular weight is 339 g/mol. The largest absolute Gasteiger partial charge is 0.396 e. The minimum Gasteiger partial charge on any atom is -0.396 e. The van der Waals surface area contributed by atoms with Gasteiger partial charge in [0.15, 0.2) is 0 Å². The zero-order valence-corrected chi connectivity index (χ0v) is 13.3. The van der Waals surface area contributed by atoms with Crippen molar-refractivity contribution in [3.63, 3.8) is 0 Å². The number of nitrogens with one attached hydrogen (secondary N) is 2. The third kappa shape index (κ3) is 5.58. The summed E-state index contributed by atoms with van der Waals surface area (Å²) in [5.74, 6) is -0.677. The van der Waals surface area contributed by atoms with E-state index in [0.717, 1.165) is 18.4 Å². The van der Waals surface area contributed by atoms with Crippen LogP contribution in [0.5, 0.6) is 0 Å². The summed E-state index contributed by atoms with van der Waals surface area (Å²) in [7, 11) is -7.11. The van der Waals surface area contributed by atoms with Crippen LogP contribution in [0.2, 0.25) is 0 Å². The molecule has 7 nitrogen and oxygen atoms in total. The Morgan fingerprint density at radius 3 is 2.29 bits per heavy atom. The summed E-state index contributed by atoms with van der Waals surface area (Å²) in [5, 5.41) is 0. The maximum Gasteiger partial charge on any atom is 0.240 e. The van der Waals surface area contributed by atoms with Gasteiger partial charge in [0.2, 0.25) is 20.0 Å². The lowest BCUT2D eigenvalue weighted by molar-refractivity contribution is 0.574. The number of sulfonamides is 2. The van der Waals surface area contributed by atoms with Crippen LogP contribution in [0.25, 0.3) is 0 Å². The van der Waals surface area contributed by atoms with Crippen molar-refractivity contribution in [3.05, 3.63) is 23.5 Å². The van der Waals surface area contributed by atoms with Crippen LogP contribution in [-0.2, 0) is 20.0 Å². The van der Waals surface area contributed by atoms with Crippen LogP contribution < -0.4 is 15.2 Å². The maximum atomic E-state index is 13.2. The Morgan fingerprint density at radius 1 is 1.14 bits per heavy atom. The van der Waals surface area contributed by atoms with Gasteiger partial charge in [-0.2, -0.15) is 0 Å². The Kier molecular flexibility index (Phi) is 5.68. The molecule has 0 spiro atoms. The van der Waals surface area contributed by atoms with Crippen molar-refractivity contribution in [1.82, 2.24) is 9.44 Å². The molecule has 0 radical (unpaired) electrons. The van der Waals surface area contributed by atoms with E-state index in [-0.39, 0.29) is 35.7 Å². The van der Waals surface area contributed by atoms with Gasteiger partial charge in [-0.3, -0.25) is 0 Å². The van der Waals surface area contributed by atoms with Crippen molar-refractivity contribution in [2.75, 3.05) is 25.1 Å². The molecule has 1 aromatic rings. The molecule has 0 amide bonds. The smallest absolute Gasteiger partial charge is 0.240 e. The normalized spacial score (nSPS) is 12.5. The van der Waals surface area contributed by atoms with Gasteiger partial charge in [0.1, 0.15) is 5.82 Å². The zero-order chi connectivity index (χ0) is 16.3. The maximum absolute atomic E-state index is 13.2. The van der Waals surface area contributed by atoms with Gasteiger partial charge in [-0.1, -0.05) is 0 Å². The van der Waals surface area contributed by atoms with Gasteiger partial charge in [-0.05, 0) is 31.0 Å². The van der Waals surface area contributed by atoms with Gasteiger partial charge in [-0.15, -0.1) is 0 Å². The molecule has 1 aromatic carbocycles. The molecule has 0 bridgehead atoms. The number of hydrogen-bond acceptors (Lipinski definition) is 5. The Balaban J connectivity index is 2.68. The van der Waals surface area contributed by atoms with Crippen molar-refractivity contribution < 1.29 is 21.2 Å². The Labute approximate surface area is 123 Å². The summed E-state index contributed by atoms with van der Waals surface area (Å²) in [4.78, 5) is -0.0996. The van der Waals surface area contributed by atoms with Crippen LogP contribution in [0.3, 0.4) is 0 Å². The number of anilines is 1. The second-order valence-corrected chi connectivity index (χ2v) is 8.13. The summed E-state index contributed by atoms with van der Waals surface area (Å²) >= 11 is 0. The molecule has 0 aromatic heterocycles. The van der Waals surface area contributed by atoms with E-state index in [9.17, 15) is 21.2 Å². The highest BCUT2D eigenvalue weighted by Gasteiger charge is 2.18. The molecule has 0 aliphatic heterocycles. The number of halogens is 1. The van der Waals surface area contributed by atoms with Crippen molar-refractivity contribution in [2.24, 2.45) is 0 Å². The van der Waals surface area contributed by atoms with Crippen LogP contribution in [0.4, 0.5) is 10.1 Å². The van der Waals surface area contributed by atoms with Crippen LogP contribution >= 0.6 is 0 Å². The topological polar surface area (TPSA) is 118 Å². The summed E-state index contributed by atoms with van der Waals surface area (Å²) in [6.45, 7) is 1.62. The van der Waals surface area contributed by atoms with Crippen LogP contribution in [0, 0.1) is 12.7 Å². The predicted octanol–water partition coefficient (Wildman–Crippen LogP) is -0.0661. The molecule has 1 rings (SSSR count). The lowest BCUT2D eigenvalue weighted by atomic mass is 10.2. The highest BCUT2D eigenvalue weighted by Crippen LogP contribution is 2.21. The lowest BCUT2D eigenvalue weighted by Gasteiger charge is -2.10. The number of rotatable bonds is 7. The third-order valence-electron chi connectivity index (χ3n) is 2.59. The minimum absolute atomic E-state index is 0.0432. The highest BCUT2D eigenvalue weighted by atomic mass is 32.2. The number of benzene rings is 1. The van der Waals surface area contributed by atoms with Crippen LogP contribution in [0.1, 0.15) is 12.0 Å². The predicted molar refractivity (Wildman–Crippen MR) is 78.2 cm³/mol. The molecule has 0 saturated carbocycles. The molecule has 0 fully saturated rings. The van der Waals surface area contributed by atoms with E-state index >= 15 is 0 Å². The molecule has 0 unspecified atom stereocenters. The summed E-state index contributed by atoms with van der Waals surface area (Å²) in [6, 6.07) is 2.11. The minimum atomic E-state index is -3.82. The molecule has 0 aliphatic carbocycles. The first-order valence-corrected chi connectivity index (χ1v) is 9.40. The first kappa shape index (κ1) is 17.8. The van der Waals surface area contributed by atoms with E-state index in [1.165, 1.54) is 6.92 Å². The Morgan fingerprint density at radius 2 is 1.71 bits per heavy atom. The van der Waals surface area contributed by atoms with E-state index in [1.807, 2.05) is 0 Å². The van der Waals surface area contributed by atoms with Gasteiger partial charge in [0, 0.05) is 13.1 Å². The standard InChI is InChI=1S/C11H18FN3O4S2/c1-8-6-9(12)10(13)7-11(8)21(18,19)15-5-3-4-14-20(2,16)17/h6-7,14-15H,3-5,13H2,1-2H3. The van der Waals surface area contributed by atoms with Gasteiger partial charge in [-0.25, -0.2) is 30.7 Å². The summed E-state index contributed by atoms with van der Waals surface area (Å²) in [5.41, 5.74) is 5.36. The first-order chi connectivity index (χ1) is 9.53. The number of hydrogen-bond donors (Lipinski definition) is 3. The second kappa shape index (κ2) is 6.69. The molecule has 4 N–H and O–H groups in total. The first-order valence-electron chi connectivity index (χ1n) is 6.03. The second-order valence-electron chi connectivity index (χ2n) is 4.56. The molecule has 0 saturated heterocycles. The molecular formula is C11H18FN3O4S2. The number of nitrogens with two attached hydrogens (primary N) is 1.